The fourth-order valence-corrected chi connectivity index (χ4v) is 2.41. The SMILES string of the molecule is O=C(C1CNC1)N1CC(O)C(n2cccn2)C1. The summed E-state index contributed by atoms with van der Waals surface area (Å²) in [5.41, 5.74) is 0. The van der Waals surface area contributed by atoms with E-state index in [0.29, 0.717) is 13.1 Å². The first-order valence-electron chi connectivity index (χ1n) is 5.92. The van der Waals surface area contributed by atoms with Gasteiger partial charge >= 0.3 is 0 Å². The van der Waals surface area contributed by atoms with E-state index in [-0.39, 0.29) is 17.9 Å². The van der Waals surface area contributed by atoms with Crippen molar-refractivity contribution in [3.63, 3.8) is 0 Å². The highest BCUT2D eigenvalue weighted by Crippen LogP contribution is 2.23. The predicted octanol–water partition coefficient (Wildman–Crippen LogP) is -1.15. The number of aliphatic hydroxyl groups excluding tert-OH is 1. The molecule has 6 heteroatoms. The summed E-state index contributed by atoms with van der Waals surface area (Å²) in [5.74, 6) is 0.246. The minimum absolute atomic E-state index is 0.0959. The second-order valence-corrected chi connectivity index (χ2v) is 4.72. The number of nitrogens with one attached hydrogen (secondary N) is 1. The molecule has 3 rings (SSSR count). The maximum atomic E-state index is 12.0. The number of aromatic nitrogens is 2. The van der Waals surface area contributed by atoms with Gasteiger partial charge in [-0.05, 0) is 6.07 Å². The van der Waals surface area contributed by atoms with Crippen LogP contribution in [0.5, 0.6) is 0 Å². The topological polar surface area (TPSA) is 70.4 Å². The highest BCUT2D eigenvalue weighted by Gasteiger charge is 2.39. The molecule has 0 saturated carbocycles. The van der Waals surface area contributed by atoms with Crippen LogP contribution in [0.3, 0.4) is 0 Å². The Morgan fingerprint density at radius 3 is 2.82 bits per heavy atom. The number of nitrogens with zero attached hydrogens (tertiary/aromatic N) is 3. The zero-order valence-corrected chi connectivity index (χ0v) is 9.49. The lowest BCUT2D eigenvalue weighted by Crippen LogP contribution is -2.51. The van der Waals surface area contributed by atoms with E-state index in [1.807, 2.05) is 12.3 Å². The summed E-state index contributed by atoms with van der Waals surface area (Å²) in [6.07, 6.45) is 2.99. The molecule has 2 saturated heterocycles. The van der Waals surface area contributed by atoms with Crippen LogP contribution in [0.25, 0.3) is 0 Å². The van der Waals surface area contributed by atoms with Gasteiger partial charge in [-0.25, -0.2) is 0 Å². The first-order chi connectivity index (χ1) is 8.25. The molecule has 0 spiro atoms. The minimum Gasteiger partial charge on any atom is -0.389 e. The Balaban J connectivity index is 1.68. The second-order valence-electron chi connectivity index (χ2n) is 4.72. The number of rotatable bonds is 2. The lowest BCUT2D eigenvalue weighted by Gasteiger charge is -2.30. The molecule has 0 radical (unpaired) electrons. The smallest absolute Gasteiger partial charge is 0.228 e. The van der Waals surface area contributed by atoms with Crippen LogP contribution in [-0.2, 0) is 4.79 Å². The van der Waals surface area contributed by atoms with Gasteiger partial charge in [-0.2, -0.15) is 5.10 Å². The van der Waals surface area contributed by atoms with E-state index in [1.54, 1.807) is 15.8 Å². The fraction of sp³-hybridized carbons (Fsp3) is 0.636. The largest absolute Gasteiger partial charge is 0.389 e. The van der Waals surface area contributed by atoms with Crippen LogP contribution in [0.2, 0.25) is 0 Å². The van der Waals surface area contributed by atoms with Gasteiger partial charge in [-0.3, -0.25) is 9.48 Å². The van der Waals surface area contributed by atoms with Crippen LogP contribution in [0.1, 0.15) is 6.04 Å². The van der Waals surface area contributed by atoms with Crippen molar-refractivity contribution in [3.05, 3.63) is 18.5 Å². The van der Waals surface area contributed by atoms with Gasteiger partial charge in [-0.1, -0.05) is 0 Å². The molecule has 0 bridgehead atoms. The molecule has 2 aliphatic rings. The van der Waals surface area contributed by atoms with Gasteiger partial charge in [0, 0.05) is 38.6 Å². The molecule has 3 heterocycles. The van der Waals surface area contributed by atoms with E-state index in [2.05, 4.69) is 10.4 Å². The van der Waals surface area contributed by atoms with Gasteiger partial charge in [0.25, 0.3) is 0 Å². The Hall–Kier alpha value is -1.40. The lowest BCUT2D eigenvalue weighted by molar-refractivity contribution is -0.136. The Morgan fingerprint density at radius 1 is 1.41 bits per heavy atom. The number of carbonyl (C=O) groups is 1. The molecule has 1 aromatic rings. The highest BCUT2D eigenvalue weighted by atomic mass is 16.3. The number of aliphatic hydroxyl groups is 1. The molecule has 2 N–H and O–H groups in total. The zero-order chi connectivity index (χ0) is 11.8. The number of β-amino-alcohol motifs (C(OH)–C–C–N with tert-alkyl or cyclic N) is 1. The number of likely N-dealkylation sites (tertiary alicyclic amines) is 1. The van der Waals surface area contributed by atoms with Gasteiger partial charge in [0.2, 0.25) is 5.91 Å². The molecule has 6 nitrogen and oxygen atoms in total. The van der Waals surface area contributed by atoms with Crippen molar-refractivity contribution in [2.75, 3.05) is 26.2 Å². The lowest BCUT2D eigenvalue weighted by atomic mass is 10.0. The van der Waals surface area contributed by atoms with E-state index in [1.165, 1.54) is 0 Å². The monoisotopic (exact) mass is 236 g/mol. The van der Waals surface area contributed by atoms with Crippen LogP contribution in [0, 0.1) is 5.92 Å². The third-order valence-electron chi connectivity index (χ3n) is 3.57. The molecule has 0 aromatic carbocycles. The predicted molar refractivity (Wildman–Crippen MR) is 60.2 cm³/mol. The third kappa shape index (κ3) is 1.83. The molecule has 1 amide bonds. The fourth-order valence-electron chi connectivity index (χ4n) is 2.41. The molecular weight excluding hydrogens is 220 g/mol. The summed E-state index contributed by atoms with van der Waals surface area (Å²) >= 11 is 0. The van der Waals surface area contributed by atoms with Crippen molar-refractivity contribution in [2.24, 2.45) is 5.92 Å². The van der Waals surface area contributed by atoms with Crippen LogP contribution in [0.4, 0.5) is 0 Å². The summed E-state index contributed by atoms with van der Waals surface area (Å²) in [6.45, 7) is 2.49. The van der Waals surface area contributed by atoms with Crippen molar-refractivity contribution in [1.82, 2.24) is 20.0 Å². The van der Waals surface area contributed by atoms with Gasteiger partial charge in [-0.15, -0.1) is 0 Å². The van der Waals surface area contributed by atoms with Crippen LogP contribution in [-0.4, -0.2) is 58.0 Å². The Labute approximate surface area is 99.2 Å². The first kappa shape index (κ1) is 10.7. The molecule has 1 aromatic heterocycles. The van der Waals surface area contributed by atoms with E-state index in [9.17, 15) is 9.90 Å². The van der Waals surface area contributed by atoms with E-state index in [4.69, 9.17) is 0 Å². The maximum Gasteiger partial charge on any atom is 0.228 e. The number of carbonyl (C=O) groups excluding carboxylic acids is 1. The van der Waals surface area contributed by atoms with E-state index < -0.39 is 6.10 Å². The van der Waals surface area contributed by atoms with Crippen molar-refractivity contribution < 1.29 is 9.90 Å². The Kier molecular flexibility index (Phi) is 2.60. The van der Waals surface area contributed by atoms with E-state index >= 15 is 0 Å². The average molecular weight is 236 g/mol. The second kappa shape index (κ2) is 4.12. The summed E-state index contributed by atoms with van der Waals surface area (Å²) in [4.78, 5) is 13.8. The van der Waals surface area contributed by atoms with Crippen molar-refractivity contribution >= 4 is 5.91 Å². The van der Waals surface area contributed by atoms with Crippen molar-refractivity contribution in [1.29, 1.82) is 0 Å². The van der Waals surface area contributed by atoms with E-state index in [0.717, 1.165) is 13.1 Å². The first-order valence-corrected chi connectivity index (χ1v) is 5.92. The normalized spacial score (nSPS) is 29.4. The van der Waals surface area contributed by atoms with Crippen LogP contribution in [0.15, 0.2) is 18.5 Å². The minimum atomic E-state index is -0.521. The Bertz CT molecular complexity index is 402. The summed E-state index contributed by atoms with van der Waals surface area (Å²) in [5, 5.41) is 17.2. The quantitative estimate of drug-likeness (QED) is 0.680. The third-order valence-corrected chi connectivity index (χ3v) is 3.57. The number of hydrogen-bond donors (Lipinski definition) is 2. The van der Waals surface area contributed by atoms with Crippen molar-refractivity contribution in [3.8, 4) is 0 Å². The standard InChI is InChI=1S/C11H16N4O2/c16-10-7-14(11(17)8-4-12-5-8)6-9(10)15-3-1-2-13-15/h1-3,8-10,12,16H,4-7H2. The summed E-state index contributed by atoms with van der Waals surface area (Å²) in [7, 11) is 0. The van der Waals surface area contributed by atoms with Gasteiger partial charge in [0.05, 0.1) is 18.1 Å². The van der Waals surface area contributed by atoms with Crippen LogP contribution < -0.4 is 5.32 Å². The number of amides is 1. The molecule has 0 aliphatic carbocycles. The maximum absolute atomic E-state index is 12.0. The summed E-state index contributed by atoms with van der Waals surface area (Å²) in [6, 6.07) is 1.72. The average Bonchev–Trinajstić information content (AvgIpc) is 2.82. The molecule has 17 heavy (non-hydrogen) atoms. The zero-order valence-electron chi connectivity index (χ0n) is 9.49. The summed E-state index contributed by atoms with van der Waals surface area (Å²) < 4.78 is 1.73. The number of hydrogen-bond acceptors (Lipinski definition) is 4. The van der Waals surface area contributed by atoms with Gasteiger partial charge in [0.15, 0.2) is 0 Å². The van der Waals surface area contributed by atoms with Gasteiger partial charge in [0.1, 0.15) is 0 Å². The Morgan fingerprint density at radius 2 is 2.24 bits per heavy atom. The molecule has 2 unspecified atom stereocenters. The molecular formula is C11H16N4O2. The van der Waals surface area contributed by atoms with Crippen molar-refractivity contribution in [2.45, 2.75) is 12.1 Å². The van der Waals surface area contributed by atoms with Gasteiger partial charge < -0.3 is 15.3 Å². The molecule has 2 atom stereocenters. The molecule has 2 fully saturated rings. The molecule has 2 aliphatic heterocycles. The highest BCUT2D eigenvalue weighted by molar-refractivity contribution is 5.80. The van der Waals surface area contributed by atoms with Crippen LogP contribution >= 0.6 is 0 Å². The molecule has 92 valence electrons.